The average molecular weight is 276 g/mol. The molecule has 106 valence electrons. The number of carbonyl (C=O) groups is 1. The molecule has 18 heavy (non-hydrogen) atoms. The fraction of sp³-hybridized carbons (Fsp3) is 0.769. The first-order valence-corrected chi connectivity index (χ1v) is 7.50. The van der Waals surface area contributed by atoms with Crippen molar-refractivity contribution in [2.45, 2.75) is 41.5 Å². The van der Waals surface area contributed by atoms with Crippen LogP contribution in [0.25, 0.3) is 0 Å². The Morgan fingerprint density at radius 3 is 1.61 bits per heavy atom. The lowest BCUT2D eigenvalue weighted by atomic mass is 9.99. The van der Waals surface area contributed by atoms with E-state index in [4.69, 9.17) is 9.05 Å². The van der Waals surface area contributed by atoms with Crippen LogP contribution in [0.2, 0.25) is 0 Å². The monoisotopic (exact) mass is 276 g/mol. The summed E-state index contributed by atoms with van der Waals surface area (Å²) in [6, 6.07) is 0. The minimum absolute atomic E-state index is 0.188. The Kier molecular flexibility index (Phi) is 5.99. The number of hydrogen-bond acceptors (Lipinski definition) is 4. The predicted molar refractivity (Wildman–Crippen MR) is 73.6 cm³/mol. The van der Waals surface area contributed by atoms with Crippen molar-refractivity contribution in [2.24, 2.45) is 10.8 Å². The van der Waals surface area contributed by atoms with Gasteiger partial charge in [0.15, 0.2) is 0 Å². The summed E-state index contributed by atoms with van der Waals surface area (Å²) in [4.78, 5) is 11.6. The summed E-state index contributed by atoms with van der Waals surface area (Å²) in [5, 5.41) is 0. The van der Waals surface area contributed by atoms with Gasteiger partial charge in [-0.1, -0.05) is 48.1 Å². The summed E-state index contributed by atoms with van der Waals surface area (Å²) in [6.45, 7) is 15.3. The smallest absolute Gasteiger partial charge is 0.302 e. The third-order valence-corrected chi connectivity index (χ3v) is 3.44. The largest absolute Gasteiger partial charge is 0.401 e. The van der Waals surface area contributed by atoms with Crippen molar-refractivity contribution in [1.82, 2.24) is 0 Å². The van der Waals surface area contributed by atoms with Crippen LogP contribution in [-0.2, 0) is 18.4 Å². The molecule has 0 aromatic heterocycles. The van der Waals surface area contributed by atoms with E-state index in [2.05, 4.69) is 6.58 Å². The van der Waals surface area contributed by atoms with Crippen LogP contribution in [0.5, 0.6) is 0 Å². The van der Waals surface area contributed by atoms with Crippen LogP contribution in [0.4, 0.5) is 0 Å². The Morgan fingerprint density at radius 2 is 1.39 bits per heavy atom. The van der Waals surface area contributed by atoms with Crippen molar-refractivity contribution in [1.29, 1.82) is 0 Å². The molecule has 0 N–H and O–H groups in total. The highest BCUT2D eigenvalue weighted by molar-refractivity contribution is 7.72. The number of carbonyl (C=O) groups excluding carboxylic acids is 1. The molecule has 0 aliphatic carbocycles. The Labute approximate surface area is 110 Å². The van der Waals surface area contributed by atoms with Gasteiger partial charge in [-0.2, -0.15) is 0 Å². The number of allylic oxidation sites excluding steroid dienone is 1. The second kappa shape index (κ2) is 6.14. The van der Waals surface area contributed by atoms with Gasteiger partial charge in [-0.25, -0.2) is 0 Å². The molecule has 0 aliphatic rings. The van der Waals surface area contributed by atoms with E-state index >= 15 is 0 Å². The highest BCUT2D eigenvalue weighted by Crippen LogP contribution is 2.51. The minimum atomic E-state index is -3.76. The van der Waals surface area contributed by atoms with E-state index in [0.29, 0.717) is 0 Å². The first-order valence-electron chi connectivity index (χ1n) is 5.96. The van der Waals surface area contributed by atoms with E-state index in [9.17, 15) is 9.36 Å². The van der Waals surface area contributed by atoms with Crippen LogP contribution in [0.1, 0.15) is 41.5 Å². The zero-order valence-corrected chi connectivity index (χ0v) is 13.2. The molecule has 5 heteroatoms. The lowest BCUT2D eigenvalue weighted by Crippen LogP contribution is -2.19. The summed E-state index contributed by atoms with van der Waals surface area (Å²) >= 11 is 0. The second-order valence-corrected chi connectivity index (χ2v) is 8.66. The van der Waals surface area contributed by atoms with E-state index < -0.39 is 13.1 Å². The van der Waals surface area contributed by atoms with Gasteiger partial charge in [-0.15, -0.1) is 0 Å². The van der Waals surface area contributed by atoms with Crippen LogP contribution in [0.3, 0.4) is 0 Å². The van der Waals surface area contributed by atoms with Gasteiger partial charge in [-0.3, -0.25) is 9.36 Å². The summed E-state index contributed by atoms with van der Waals surface area (Å²) in [6.07, 6.45) is 0.992. The number of rotatable bonds is 6. The Bertz CT molecular complexity index is 325. The molecular formula is C13H25O4P. The summed E-state index contributed by atoms with van der Waals surface area (Å²) in [5.74, 6) is 0. The molecule has 0 atom stereocenters. The van der Waals surface area contributed by atoms with E-state index in [1.165, 1.54) is 0 Å². The van der Waals surface area contributed by atoms with Gasteiger partial charge in [0.25, 0.3) is 5.52 Å². The maximum absolute atomic E-state index is 12.4. The van der Waals surface area contributed by atoms with E-state index in [-0.39, 0.29) is 24.0 Å². The van der Waals surface area contributed by atoms with Gasteiger partial charge in [-0.05, 0) is 16.9 Å². The molecule has 0 rings (SSSR count). The Hall–Kier alpha value is -0.440. The van der Waals surface area contributed by atoms with Crippen LogP contribution < -0.4 is 0 Å². The van der Waals surface area contributed by atoms with Crippen molar-refractivity contribution < 1.29 is 18.4 Å². The lowest BCUT2D eigenvalue weighted by Gasteiger charge is -2.25. The molecule has 0 aromatic rings. The first kappa shape index (κ1) is 17.6. The highest BCUT2D eigenvalue weighted by atomic mass is 31.2. The van der Waals surface area contributed by atoms with Gasteiger partial charge in [0, 0.05) is 0 Å². The molecule has 0 fully saturated rings. The lowest BCUT2D eigenvalue weighted by molar-refractivity contribution is -0.110. The first-order chi connectivity index (χ1) is 7.90. The SMILES string of the molecule is C=CC(=O)P(=O)(OCC(C)(C)C)OCC(C)(C)C. The van der Waals surface area contributed by atoms with Crippen LogP contribution >= 0.6 is 7.60 Å². The summed E-state index contributed by atoms with van der Waals surface area (Å²) in [5.41, 5.74) is -1.07. The van der Waals surface area contributed by atoms with Gasteiger partial charge < -0.3 is 9.05 Å². The summed E-state index contributed by atoms with van der Waals surface area (Å²) in [7, 11) is -3.76. The van der Waals surface area contributed by atoms with Crippen molar-refractivity contribution in [3.05, 3.63) is 12.7 Å². The molecule has 4 nitrogen and oxygen atoms in total. The van der Waals surface area contributed by atoms with Crippen LogP contribution in [0.15, 0.2) is 12.7 Å². The predicted octanol–water partition coefficient (Wildman–Crippen LogP) is 4.02. The van der Waals surface area contributed by atoms with Crippen molar-refractivity contribution in [3.63, 3.8) is 0 Å². The molecule has 0 aliphatic heterocycles. The van der Waals surface area contributed by atoms with Crippen molar-refractivity contribution >= 4 is 13.1 Å². The molecular weight excluding hydrogens is 251 g/mol. The molecule has 0 aromatic carbocycles. The maximum atomic E-state index is 12.4. The molecule has 0 spiro atoms. The minimum Gasteiger partial charge on any atom is -0.302 e. The average Bonchev–Trinajstić information content (AvgIpc) is 2.20. The van der Waals surface area contributed by atoms with Crippen molar-refractivity contribution in [2.75, 3.05) is 13.2 Å². The molecule has 0 saturated heterocycles. The van der Waals surface area contributed by atoms with Gasteiger partial charge in [0.05, 0.1) is 13.2 Å². The Balaban J connectivity index is 4.80. The van der Waals surface area contributed by atoms with E-state index in [0.717, 1.165) is 6.08 Å². The molecule has 0 amide bonds. The topological polar surface area (TPSA) is 52.6 Å². The molecule has 0 bridgehead atoms. The highest BCUT2D eigenvalue weighted by Gasteiger charge is 2.35. The molecule has 0 unspecified atom stereocenters. The zero-order chi connectivity index (χ0) is 14.6. The summed E-state index contributed by atoms with van der Waals surface area (Å²) < 4.78 is 22.9. The van der Waals surface area contributed by atoms with Crippen molar-refractivity contribution in [3.8, 4) is 0 Å². The van der Waals surface area contributed by atoms with Gasteiger partial charge in [0.1, 0.15) is 0 Å². The van der Waals surface area contributed by atoms with Crippen LogP contribution in [-0.4, -0.2) is 18.7 Å². The fourth-order valence-corrected chi connectivity index (χ4v) is 2.50. The van der Waals surface area contributed by atoms with E-state index in [1.807, 2.05) is 41.5 Å². The number of hydrogen-bond donors (Lipinski definition) is 0. The third-order valence-electron chi connectivity index (χ3n) is 1.78. The molecule has 0 radical (unpaired) electrons. The molecule has 0 heterocycles. The fourth-order valence-electron chi connectivity index (χ4n) is 0.834. The molecule has 0 saturated carbocycles. The quantitative estimate of drug-likeness (QED) is 0.543. The normalized spacial score (nSPS) is 13.4. The zero-order valence-electron chi connectivity index (χ0n) is 12.3. The third kappa shape index (κ3) is 7.10. The van der Waals surface area contributed by atoms with E-state index in [1.54, 1.807) is 0 Å². The van der Waals surface area contributed by atoms with Crippen LogP contribution in [0, 0.1) is 10.8 Å². The van der Waals surface area contributed by atoms with Gasteiger partial charge in [0.2, 0.25) is 0 Å². The second-order valence-electron chi connectivity index (χ2n) is 6.71. The standard InChI is InChI=1S/C13H25O4P/c1-8-11(14)18(15,16-9-12(2,3)4)17-10-13(5,6)7/h8H,1,9-10H2,2-7H3. The Morgan fingerprint density at radius 1 is 1.06 bits per heavy atom. The maximum Gasteiger partial charge on any atom is 0.401 e. The van der Waals surface area contributed by atoms with Gasteiger partial charge >= 0.3 is 7.60 Å².